The largest absolute Gasteiger partial charge is 0.382 e. The molecule has 0 saturated heterocycles. The van der Waals surface area contributed by atoms with Crippen LogP contribution < -0.4 is 5.32 Å². The Morgan fingerprint density at radius 1 is 1.53 bits per heavy atom. The molecule has 0 radical (unpaired) electrons. The predicted molar refractivity (Wildman–Crippen MR) is 66.9 cm³/mol. The van der Waals surface area contributed by atoms with Crippen LogP contribution >= 0.6 is 22.9 Å². The van der Waals surface area contributed by atoms with Gasteiger partial charge < -0.3 is 10.1 Å². The molecular formula is C11H18ClNOS. The maximum atomic E-state index is 5.88. The van der Waals surface area contributed by atoms with Gasteiger partial charge in [-0.2, -0.15) is 0 Å². The first-order valence-corrected chi connectivity index (χ1v) is 6.50. The Kier molecular flexibility index (Phi) is 6.25. The molecule has 0 spiro atoms. The SMILES string of the molecule is CCOCCCNC(C)c1ccc(Cl)s1. The molecule has 0 saturated carbocycles. The van der Waals surface area contributed by atoms with Crippen molar-refractivity contribution >= 4 is 22.9 Å². The summed E-state index contributed by atoms with van der Waals surface area (Å²) in [6.07, 6.45) is 1.05. The van der Waals surface area contributed by atoms with E-state index < -0.39 is 0 Å². The molecule has 86 valence electrons. The molecular weight excluding hydrogens is 230 g/mol. The lowest BCUT2D eigenvalue weighted by Crippen LogP contribution is -2.20. The summed E-state index contributed by atoms with van der Waals surface area (Å²) in [6.45, 7) is 6.79. The molecule has 1 rings (SSSR count). The average Bonchev–Trinajstić information content (AvgIpc) is 2.64. The van der Waals surface area contributed by atoms with E-state index in [2.05, 4.69) is 18.3 Å². The van der Waals surface area contributed by atoms with Crippen molar-refractivity contribution in [1.82, 2.24) is 5.32 Å². The summed E-state index contributed by atoms with van der Waals surface area (Å²) in [5.41, 5.74) is 0. The second-order valence-electron chi connectivity index (χ2n) is 3.37. The minimum atomic E-state index is 0.379. The highest BCUT2D eigenvalue weighted by Gasteiger charge is 2.06. The van der Waals surface area contributed by atoms with Crippen LogP contribution in [0.2, 0.25) is 4.34 Å². The van der Waals surface area contributed by atoms with Crippen molar-refractivity contribution in [3.8, 4) is 0 Å². The lowest BCUT2D eigenvalue weighted by Gasteiger charge is -2.11. The second-order valence-corrected chi connectivity index (χ2v) is 5.11. The monoisotopic (exact) mass is 247 g/mol. The van der Waals surface area contributed by atoms with Gasteiger partial charge in [0.25, 0.3) is 0 Å². The van der Waals surface area contributed by atoms with E-state index in [-0.39, 0.29) is 0 Å². The smallest absolute Gasteiger partial charge is 0.0931 e. The van der Waals surface area contributed by atoms with Gasteiger partial charge in [0.05, 0.1) is 4.34 Å². The molecule has 0 fully saturated rings. The van der Waals surface area contributed by atoms with Crippen molar-refractivity contribution in [3.63, 3.8) is 0 Å². The van der Waals surface area contributed by atoms with Crippen LogP contribution in [0.4, 0.5) is 0 Å². The van der Waals surface area contributed by atoms with Crippen molar-refractivity contribution in [2.75, 3.05) is 19.8 Å². The topological polar surface area (TPSA) is 21.3 Å². The van der Waals surface area contributed by atoms with Gasteiger partial charge in [-0.05, 0) is 38.9 Å². The summed E-state index contributed by atoms with van der Waals surface area (Å²) in [5, 5.41) is 3.44. The fraction of sp³-hybridized carbons (Fsp3) is 0.636. The Morgan fingerprint density at radius 2 is 2.33 bits per heavy atom. The first kappa shape index (κ1) is 13.0. The number of rotatable bonds is 7. The van der Waals surface area contributed by atoms with Gasteiger partial charge in [0.1, 0.15) is 0 Å². The van der Waals surface area contributed by atoms with E-state index in [1.807, 2.05) is 13.0 Å². The third-order valence-corrected chi connectivity index (χ3v) is 3.55. The second kappa shape index (κ2) is 7.23. The summed E-state index contributed by atoms with van der Waals surface area (Å²) < 4.78 is 6.12. The lowest BCUT2D eigenvalue weighted by molar-refractivity contribution is 0.144. The number of halogens is 1. The van der Waals surface area contributed by atoms with Gasteiger partial charge in [0.15, 0.2) is 0 Å². The Bertz CT molecular complexity index is 277. The first-order chi connectivity index (χ1) is 7.24. The molecule has 1 aromatic rings. The van der Waals surface area contributed by atoms with Crippen molar-refractivity contribution in [2.45, 2.75) is 26.3 Å². The number of hydrogen-bond donors (Lipinski definition) is 1. The minimum Gasteiger partial charge on any atom is -0.382 e. The van der Waals surface area contributed by atoms with Gasteiger partial charge in [-0.25, -0.2) is 0 Å². The van der Waals surface area contributed by atoms with Crippen molar-refractivity contribution in [1.29, 1.82) is 0 Å². The first-order valence-electron chi connectivity index (χ1n) is 5.30. The van der Waals surface area contributed by atoms with Crippen LogP contribution in [0.3, 0.4) is 0 Å². The number of hydrogen-bond acceptors (Lipinski definition) is 3. The van der Waals surface area contributed by atoms with Gasteiger partial charge >= 0.3 is 0 Å². The fourth-order valence-corrected chi connectivity index (χ4v) is 2.39. The molecule has 1 unspecified atom stereocenters. The molecule has 0 aliphatic carbocycles. The zero-order valence-corrected chi connectivity index (χ0v) is 10.8. The lowest BCUT2D eigenvalue weighted by atomic mass is 10.2. The third-order valence-electron chi connectivity index (χ3n) is 2.14. The predicted octanol–water partition coefficient (Wildman–Crippen LogP) is 3.48. The molecule has 1 aromatic heterocycles. The number of thiophene rings is 1. The molecule has 0 aromatic carbocycles. The van der Waals surface area contributed by atoms with E-state index in [9.17, 15) is 0 Å². The molecule has 15 heavy (non-hydrogen) atoms. The maximum Gasteiger partial charge on any atom is 0.0931 e. The molecule has 0 aliphatic rings. The van der Waals surface area contributed by atoms with Crippen LogP contribution in [0.1, 0.15) is 31.2 Å². The minimum absolute atomic E-state index is 0.379. The van der Waals surface area contributed by atoms with Crippen LogP contribution in [0.25, 0.3) is 0 Å². The Balaban J connectivity index is 2.16. The van der Waals surface area contributed by atoms with Gasteiger partial charge in [0.2, 0.25) is 0 Å². The highest BCUT2D eigenvalue weighted by Crippen LogP contribution is 2.26. The zero-order chi connectivity index (χ0) is 11.1. The normalized spacial score (nSPS) is 13.0. The zero-order valence-electron chi connectivity index (χ0n) is 9.25. The van der Waals surface area contributed by atoms with E-state index in [4.69, 9.17) is 16.3 Å². The van der Waals surface area contributed by atoms with Crippen molar-refractivity contribution < 1.29 is 4.74 Å². The molecule has 2 nitrogen and oxygen atoms in total. The molecule has 0 bridgehead atoms. The quantitative estimate of drug-likeness (QED) is 0.745. The van der Waals surface area contributed by atoms with Crippen LogP contribution in [0, 0.1) is 0 Å². The van der Waals surface area contributed by atoms with E-state index in [1.165, 1.54) is 4.88 Å². The molecule has 1 atom stereocenters. The molecule has 4 heteroatoms. The van der Waals surface area contributed by atoms with Crippen molar-refractivity contribution in [3.05, 3.63) is 21.3 Å². The summed E-state index contributed by atoms with van der Waals surface area (Å²) in [5.74, 6) is 0. The van der Waals surface area contributed by atoms with Gasteiger partial charge in [-0.1, -0.05) is 11.6 Å². The summed E-state index contributed by atoms with van der Waals surface area (Å²) in [7, 11) is 0. The highest BCUT2D eigenvalue weighted by molar-refractivity contribution is 7.16. The number of ether oxygens (including phenoxy) is 1. The van der Waals surface area contributed by atoms with E-state index in [0.717, 1.165) is 30.5 Å². The standard InChI is InChI=1S/C11H18ClNOS/c1-3-14-8-4-7-13-9(2)10-5-6-11(12)15-10/h5-6,9,13H,3-4,7-8H2,1-2H3. The van der Waals surface area contributed by atoms with E-state index >= 15 is 0 Å². The Morgan fingerprint density at radius 3 is 2.93 bits per heavy atom. The highest BCUT2D eigenvalue weighted by atomic mass is 35.5. The average molecular weight is 248 g/mol. The third kappa shape index (κ3) is 4.98. The molecule has 0 amide bonds. The van der Waals surface area contributed by atoms with Crippen LogP contribution in [-0.4, -0.2) is 19.8 Å². The van der Waals surface area contributed by atoms with Crippen LogP contribution in [0.15, 0.2) is 12.1 Å². The van der Waals surface area contributed by atoms with Crippen LogP contribution in [0.5, 0.6) is 0 Å². The van der Waals surface area contributed by atoms with Gasteiger partial charge in [0, 0.05) is 24.1 Å². The van der Waals surface area contributed by atoms with Gasteiger partial charge in [-0.15, -0.1) is 11.3 Å². The summed E-state index contributed by atoms with van der Waals surface area (Å²) in [6, 6.07) is 4.40. The van der Waals surface area contributed by atoms with Crippen molar-refractivity contribution in [2.24, 2.45) is 0 Å². The van der Waals surface area contributed by atoms with Gasteiger partial charge in [-0.3, -0.25) is 0 Å². The fourth-order valence-electron chi connectivity index (χ4n) is 1.30. The summed E-state index contributed by atoms with van der Waals surface area (Å²) >= 11 is 7.51. The van der Waals surface area contributed by atoms with E-state index in [1.54, 1.807) is 11.3 Å². The molecule has 0 aliphatic heterocycles. The Labute approximate surface area is 101 Å². The maximum absolute atomic E-state index is 5.88. The Hall–Kier alpha value is -0.0900. The summed E-state index contributed by atoms with van der Waals surface area (Å²) in [4.78, 5) is 1.29. The van der Waals surface area contributed by atoms with Crippen LogP contribution in [-0.2, 0) is 4.74 Å². The molecule has 1 N–H and O–H groups in total. The number of nitrogens with one attached hydrogen (secondary N) is 1. The van der Waals surface area contributed by atoms with E-state index in [0.29, 0.717) is 6.04 Å². The molecule has 1 heterocycles.